The molecule has 21 heavy (non-hydrogen) atoms. The Bertz CT molecular complexity index is 1090. The van der Waals surface area contributed by atoms with Gasteiger partial charge in [0.2, 0.25) is 0 Å². The molecule has 0 aliphatic heterocycles. The molecule has 0 atom stereocenters. The van der Waals surface area contributed by atoms with E-state index in [1.807, 2.05) is 6.07 Å². The lowest BCUT2D eigenvalue weighted by molar-refractivity contribution is 0.902. The second-order valence-electron chi connectivity index (χ2n) is 4.47. The Labute approximate surface area is 121 Å². The van der Waals surface area contributed by atoms with Crippen LogP contribution >= 0.6 is 11.3 Å². The summed E-state index contributed by atoms with van der Waals surface area (Å²) < 4.78 is 1.59. The molecule has 0 saturated carbocycles. The highest BCUT2D eigenvalue weighted by Crippen LogP contribution is 2.18. The van der Waals surface area contributed by atoms with Crippen LogP contribution in [0.3, 0.4) is 0 Å². The fourth-order valence-corrected chi connectivity index (χ4v) is 3.08. The Balaban J connectivity index is 2.19. The maximum atomic E-state index is 12.6. The second-order valence-corrected chi connectivity index (χ2v) is 5.38. The van der Waals surface area contributed by atoms with Crippen molar-refractivity contribution >= 4 is 32.5 Å². The summed E-state index contributed by atoms with van der Waals surface area (Å²) in [7, 11) is 0. The largest absolute Gasteiger partial charge is 0.333 e. The quantitative estimate of drug-likeness (QED) is 0.579. The molecule has 0 unspecified atom stereocenters. The average Bonchev–Trinajstić information content (AvgIpc) is 2.96. The van der Waals surface area contributed by atoms with Gasteiger partial charge in [-0.25, -0.2) is 9.36 Å². The minimum absolute atomic E-state index is 0.358. The summed E-state index contributed by atoms with van der Waals surface area (Å²) in [6.07, 6.45) is 4.74. The molecule has 1 N–H and O–H groups in total. The molecular weight excluding hydrogens is 288 g/mol. The van der Waals surface area contributed by atoms with Gasteiger partial charge in [-0.05, 0) is 23.6 Å². The van der Waals surface area contributed by atoms with Crippen molar-refractivity contribution in [3.63, 3.8) is 0 Å². The Morgan fingerprint density at radius 1 is 1.19 bits per heavy atom. The Morgan fingerprint density at radius 2 is 2.10 bits per heavy atom. The van der Waals surface area contributed by atoms with Gasteiger partial charge in [-0.1, -0.05) is 0 Å². The van der Waals surface area contributed by atoms with Gasteiger partial charge in [0.1, 0.15) is 4.70 Å². The van der Waals surface area contributed by atoms with E-state index in [9.17, 15) is 9.59 Å². The molecule has 4 aromatic rings. The van der Waals surface area contributed by atoms with Gasteiger partial charge < -0.3 is 4.98 Å². The van der Waals surface area contributed by atoms with Crippen LogP contribution in [0.2, 0.25) is 0 Å². The lowest BCUT2D eigenvalue weighted by atomic mass is 10.2. The zero-order valence-corrected chi connectivity index (χ0v) is 11.4. The number of rotatable bonds is 1. The minimum Gasteiger partial charge on any atom is -0.306 e. The molecule has 0 amide bonds. The van der Waals surface area contributed by atoms with Crippen LogP contribution in [0.1, 0.15) is 0 Å². The van der Waals surface area contributed by atoms with Gasteiger partial charge >= 0.3 is 5.69 Å². The fraction of sp³-hybridized carbons (Fsp3) is 0. The maximum Gasteiger partial charge on any atom is 0.333 e. The van der Waals surface area contributed by atoms with Crippen molar-refractivity contribution in [2.75, 3.05) is 0 Å². The van der Waals surface area contributed by atoms with Crippen molar-refractivity contribution in [3.05, 3.63) is 63.0 Å². The first-order valence-corrected chi connectivity index (χ1v) is 7.05. The number of H-pyrrole nitrogens is 1. The van der Waals surface area contributed by atoms with Crippen molar-refractivity contribution in [1.29, 1.82) is 0 Å². The molecule has 6 nitrogen and oxygen atoms in total. The zero-order valence-electron chi connectivity index (χ0n) is 10.6. The van der Waals surface area contributed by atoms with E-state index in [0.717, 1.165) is 9.95 Å². The van der Waals surface area contributed by atoms with Crippen molar-refractivity contribution < 1.29 is 0 Å². The molecule has 0 bridgehead atoms. The Morgan fingerprint density at radius 3 is 3.00 bits per heavy atom. The van der Waals surface area contributed by atoms with Crippen LogP contribution in [0.25, 0.3) is 26.8 Å². The number of aromatic amines is 1. The SMILES string of the molecule is O=c1[nH]c2ccsc2c(=O)n1-c1cncc2cccnc12. The fourth-order valence-electron chi connectivity index (χ4n) is 2.31. The highest BCUT2D eigenvalue weighted by atomic mass is 32.1. The number of nitrogens with one attached hydrogen (secondary N) is 1. The van der Waals surface area contributed by atoms with E-state index in [0.29, 0.717) is 21.4 Å². The smallest absolute Gasteiger partial charge is 0.306 e. The predicted octanol–water partition coefficient (Wildman–Crippen LogP) is 1.68. The van der Waals surface area contributed by atoms with Crippen molar-refractivity contribution in [3.8, 4) is 5.69 Å². The monoisotopic (exact) mass is 296 g/mol. The summed E-state index contributed by atoms with van der Waals surface area (Å²) in [5.41, 5.74) is 0.646. The maximum absolute atomic E-state index is 12.6. The molecule has 0 aromatic carbocycles. The number of fused-ring (bicyclic) bond motifs is 2. The van der Waals surface area contributed by atoms with Crippen LogP contribution in [-0.4, -0.2) is 19.5 Å². The van der Waals surface area contributed by atoms with Crippen LogP contribution in [0.4, 0.5) is 0 Å². The molecule has 4 aromatic heterocycles. The van der Waals surface area contributed by atoms with Crippen molar-refractivity contribution in [2.45, 2.75) is 0 Å². The Kier molecular flexibility index (Phi) is 2.48. The summed E-state index contributed by atoms with van der Waals surface area (Å²) in [6, 6.07) is 5.33. The zero-order chi connectivity index (χ0) is 14.4. The number of nitrogens with zero attached hydrogens (tertiary/aromatic N) is 3. The van der Waals surface area contributed by atoms with Gasteiger partial charge in [0.05, 0.1) is 22.9 Å². The van der Waals surface area contributed by atoms with Crippen LogP contribution in [0, 0.1) is 0 Å². The Hall–Kier alpha value is -2.80. The van der Waals surface area contributed by atoms with Gasteiger partial charge in [0.15, 0.2) is 0 Å². The third-order valence-corrected chi connectivity index (χ3v) is 4.14. The second kappa shape index (κ2) is 4.35. The van der Waals surface area contributed by atoms with Crippen molar-refractivity contribution in [2.24, 2.45) is 0 Å². The molecular formula is C14H8N4O2S. The summed E-state index contributed by atoms with van der Waals surface area (Å²) >= 11 is 1.29. The third-order valence-electron chi connectivity index (χ3n) is 3.24. The molecule has 4 rings (SSSR count). The normalized spacial score (nSPS) is 11.2. The molecule has 0 spiro atoms. The number of thiophene rings is 1. The summed E-state index contributed by atoms with van der Waals surface area (Å²) in [6.45, 7) is 0. The predicted molar refractivity (Wildman–Crippen MR) is 81.1 cm³/mol. The molecule has 0 saturated heterocycles. The van der Waals surface area contributed by atoms with Crippen LogP contribution in [0.5, 0.6) is 0 Å². The van der Waals surface area contributed by atoms with E-state index in [1.165, 1.54) is 17.5 Å². The molecule has 102 valence electrons. The average molecular weight is 296 g/mol. The number of pyridine rings is 2. The lowest BCUT2D eigenvalue weighted by Gasteiger charge is -2.06. The first kappa shape index (κ1) is 12.0. The molecule has 0 aliphatic rings. The van der Waals surface area contributed by atoms with Crippen LogP contribution in [-0.2, 0) is 0 Å². The van der Waals surface area contributed by atoms with E-state index in [1.54, 1.807) is 29.9 Å². The molecule has 0 radical (unpaired) electrons. The number of aromatic nitrogens is 4. The van der Waals surface area contributed by atoms with E-state index < -0.39 is 5.69 Å². The highest BCUT2D eigenvalue weighted by molar-refractivity contribution is 7.17. The first-order valence-electron chi connectivity index (χ1n) is 6.17. The highest BCUT2D eigenvalue weighted by Gasteiger charge is 2.13. The standard InChI is InChI=1S/C14H8N4O2S/c19-13-12-9(3-5-21-12)17-14(20)18(13)10-7-15-6-8-2-1-4-16-11(8)10/h1-7H,(H,17,20). The van der Waals surface area contributed by atoms with Crippen LogP contribution < -0.4 is 11.2 Å². The van der Waals surface area contributed by atoms with E-state index in [4.69, 9.17) is 0 Å². The van der Waals surface area contributed by atoms with Gasteiger partial charge in [-0.2, -0.15) is 0 Å². The molecule has 4 heterocycles. The molecule has 0 fully saturated rings. The van der Waals surface area contributed by atoms with Gasteiger partial charge in [0.25, 0.3) is 5.56 Å². The molecule has 0 aliphatic carbocycles. The van der Waals surface area contributed by atoms with E-state index in [2.05, 4.69) is 15.0 Å². The van der Waals surface area contributed by atoms with Gasteiger partial charge in [-0.3, -0.25) is 14.8 Å². The first-order chi connectivity index (χ1) is 10.3. The number of hydrogen-bond donors (Lipinski definition) is 1. The third kappa shape index (κ3) is 1.71. The summed E-state index contributed by atoms with van der Waals surface area (Å²) in [5, 5.41) is 2.54. The minimum atomic E-state index is -0.495. The lowest BCUT2D eigenvalue weighted by Crippen LogP contribution is -2.33. The van der Waals surface area contributed by atoms with Crippen LogP contribution in [0.15, 0.2) is 51.8 Å². The number of hydrogen-bond acceptors (Lipinski definition) is 5. The molecule has 7 heteroatoms. The van der Waals surface area contributed by atoms with Gasteiger partial charge in [0, 0.05) is 17.8 Å². The van der Waals surface area contributed by atoms with Gasteiger partial charge in [-0.15, -0.1) is 11.3 Å². The topological polar surface area (TPSA) is 80.6 Å². The summed E-state index contributed by atoms with van der Waals surface area (Å²) in [5.74, 6) is 0. The van der Waals surface area contributed by atoms with Crippen molar-refractivity contribution in [1.82, 2.24) is 19.5 Å². The van der Waals surface area contributed by atoms with E-state index in [-0.39, 0.29) is 5.56 Å². The summed E-state index contributed by atoms with van der Waals surface area (Å²) in [4.78, 5) is 35.9. The van der Waals surface area contributed by atoms with E-state index >= 15 is 0 Å².